The van der Waals surface area contributed by atoms with Crippen molar-refractivity contribution in [1.82, 2.24) is 0 Å². The minimum atomic E-state index is -0.512. The molecule has 4 fully saturated rings. The molecule has 0 heterocycles. The molecule has 9 unspecified atom stereocenters. The van der Waals surface area contributed by atoms with Gasteiger partial charge in [0.2, 0.25) is 0 Å². The highest BCUT2D eigenvalue weighted by Crippen LogP contribution is 2.68. The van der Waals surface area contributed by atoms with Crippen molar-refractivity contribution in [2.45, 2.75) is 118 Å². The Kier molecular flexibility index (Phi) is 7.94. The molecule has 0 radical (unpaired) electrons. The molecule has 39 heavy (non-hydrogen) atoms. The molecular weight excluding hydrogens is 484 g/mol. The lowest BCUT2D eigenvalue weighted by Gasteiger charge is -2.61. The van der Waals surface area contributed by atoms with Crippen LogP contribution in [0.3, 0.4) is 0 Å². The number of ether oxygens (including phenoxy) is 1. The van der Waals surface area contributed by atoms with Crippen LogP contribution < -0.4 is 11.5 Å². The second-order valence-electron chi connectivity index (χ2n) is 15.0. The van der Waals surface area contributed by atoms with Gasteiger partial charge >= 0.3 is 5.97 Å². The zero-order valence-electron chi connectivity index (χ0n) is 25.2. The highest BCUT2D eigenvalue weighted by atomic mass is 16.5. The fourth-order valence-electron chi connectivity index (χ4n) is 10.4. The Balaban J connectivity index is 1.23. The van der Waals surface area contributed by atoms with Gasteiger partial charge in [-0.3, -0.25) is 0 Å². The van der Waals surface area contributed by atoms with Crippen LogP contribution in [0.5, 0.6) is 5.75 Å². The number of anilines is 2. The standard InChI is InChI=1S/C34H54N2O3/c1-20(2)7-6-8-21(3)27-11-12-28-25-10-9-22-17-24(13-15-33(22,4)29(25)14-16-34(27,28)5)39-32(38)26-18-23(35)19-30(36)31(26)37/h18-22,24-25,27-29,37H,6-17,35-36H2,1-5H3. The number of hydrogen-bond donors (Lipinski definition) is 3. The number of phenolic OH excluding ortho intramolecular Hbond substituents is 1. The normalized spacial score (nSPS) is 38.5. The number of hydrogen-bond acceptors (Lipinski definition) is 5. The van der Waals surface area contributed by atoms with E-state index in [1.807, 2.05) is 0 Å². The van der Waals surface area contributed by atoms with E-state index in [9.17, 15) is 9.90 Å². The maximum Gasteiger partial charge on any atom is 0.342 e. The fraction of sp³-hybridized carbons (Fsp3) is 0.794. The molecule has 0 amide bonds. The molecular formula is C34H54N2O3. The van der Waals surface area contributed by atoms with Crippen LogP contribution in [-0.4, -0.2) is 17.2 Å². The van der Waals surface area contributed by atoms with Gasteiger partial charge in [-0.05, 0) is 122 Å². The molecule has 1 aromatic carbocycles. The molecule has 4 aliphatic carbocycles. The Morgan fingerprint density at radius 3 is 2.44 bits per heavy atom. The summed E-state index contributed by atoms with van der Waals surface area (Å²) in [4.78, 5) is 13.0. The number of carbonyl (C=O) groups is 1. The summed E-state index contributed by atoms with van der Waals surface area (Å²) in [6.07, 6.45) is 15.2. The van der Waals surface area contributed by atoms with Crippen molar-refractivity contribution < 1.29 is 14.6 Å². The Morgan fingerprint density at radius 1 is 0.974 bits per heavy atom. The lowest BCUT2D eigenvalue weighted by Crippen LogP contribution is -2.54. The van der Waals surface area contributed by atoms with Gasteiger partial charge in [0.05, 0.1) is 5.69 Å². The quantitative estimate of drug-likeness (QED) is 0.141. The van der Waals surface area contributed by atoms with Crippen molar-refractivity contribution in [2.75, 3.05) is 11.5 Å². The van der Waals surface area contributed by atoms with E-state index >= 15 is 0 Å². The largest absolute Gasteiger partial charge is 0.505 e. The monoisotopic (exact) mass is 538 g/mol. The number of nitrogen functional groups attached to an aromatic ring is 2. The lowest BCUT2D eigenvalue weighted by molar-refractivity contribution is -0.130. The summed E-state index contributed by atoms with van der Waals surface area (Å²) in [6, 6.07) is 2.93. The third kappa shape index (κ3) is 5.17. The lowest BCUT2D eigenvalue weighted by atomic mass is 9.44. The van der Waals surface area contributed by atoms with E-state index in [1.54, 1.807) is 0 Å². The first-order valence-corrected chi connectivity index (χ1v) is 16.0. The van der Waals surface area contributed by atoms with Gasteiger partial charge in [-0.25, -0.2) is 4.79 Å². The summed E-state index contributed by atoms with van der Waals surface area (Å²) in [5, 5.41) is 10.3. The second-order valence-corrected chi connectivity index (χ2v) is 15.0. The van der Waals surface area contributed by atoms with Crippen LogP contribution in [0.4, 0.5) is 11.4 Å². The Labute approximate surface area is 236 Å². The van der Waals surface area contributed by atoms with Crippen molar-refractivity contribution in [3.05, 3.63) is 17.7 Å². The minimum Gasteiger partial charge on any atom is -0.505 e. The molecule has 0 aliphatic heterocycles. The molecule has 4 aliphatic rings. The van der Waals surface area contributed by atoms with Gasteiger partial charge in [-0.15, -0.1) is 0 Å². The average molecular weight is 539 g/mol. The molecule has 5 heteroatoms. The molecule has 5 N–H and O–H groups in total. The maximum atomic E-state index is 13.0. The molecule has 0 saturated heterocycles. The number of esters is 1. The van der Waals surface area contributed by atoms with Crippen LogP contribution in [0.15, 0.2) is 12.1 Å². The van der Waals surface area contributed by atoms with Crippen molar-refractivity contribution >= 4 is 17.3 Å². The third-order valence-electron chi connectivity index (χ3n) is 12.5. The zero-order valence-corrected chi connectivity index (χ0v) is 25.2. The fourth-order valence-corrected chi connectivity index (χ4v) is 10.4. The van der Waals surface area contributed by atoms with Crippen LogP contribution in [-0.2, 0) is 4.74 Å². The SMILES string of the molecule is CC(C)CCCC(C)C1CCC2C3CCC4CC(OC(=O)c5cc(N)cc(N)c5O)CCC4(C)C3CCC12C. The van der Waals surface area contributed by atoms with E-state index in [0.717, 1.165) is 54.8 Å². The van der Waals surface area contributed by atoms with E-state index in [1.165, 1.54) is 69.9 Å². The highest BCUT2D eigenvalue weighted by Gasteiger charge is 2.60. The van der Waals surface area contributed by atoms with E-state index < -0.39 is 5.97 Å². The van der Waals surface area contributed by atoms with Gasteiger partial charge in [0.25, 0.3) is 0 Å². The van der Waals surface area contributed by atoms with E-state index in [2.05, 4.69) is 34.6 Å². The summed E-state index contributed by atoms with van der Waals surface area (Å²) in [6.45, 7) is 12.5. The van der Waals surface area contributed by atoms with Crippen LogP contribution in [0.2, 0.25) is 0 Å². The molecule has 5 rings (SSSR count). The number of phenols is 1. The highest BCUT2D eigenvalue weighted by molar-refractivity contribution is 5.96. The first kappa shape index (κ1) is 28.6. The minimum absolute atomic E-state index is 0.0744. The number of fused-ring (bicyclic) bond motifs is 5. The Hall–Kier alpha value is -1.91. The molecule has 1 aromatic rings. The summed E-state index contributed by atoms with van der Waals surface area (Å²) < 4.78 is 5.96. The predicted molar refractivity (Wildman–Crippen MR) is 159 cm³/mol. The Morgan fingerprint density at radius 2 is 1.69 bits per heavy atom. The molecule has 218 valence electrons. The van der Waals surface area contributed by atoms with Crippen LogP contribution in [0.1, 0.15) is 122 Å². The van der Waals surface area contributed by atoms with Crippen LogP contribution in [0.25, 0.3) is 0 Å². The molecule has 0 spiro atoms. The third-order valence-corrected chi connectivity index (χ3v) is 12.5. The van der Waals surface area contributed by atoms with Crippen molar-refractivity contribution in [3.63, 3.8) is 0 Å². The van der Waals surface area contributed by atoms with Gasteiger partial charge in [0.1, 0.15) is 11.7 Å². The van der Waals surface area contributed by atoms with E-state index in [4.69, 9.17) is 16.2 Å². The van der Waals surface area contributed by atoms with Gasteiger partial charge < -0.3 is 21.3 Å². The van der Waals surface area contributed by atoms with Gasteiger partial charge in [-0.1, -0.05) is 53.9 Å². The number of rotatable bonds is 7. The van der Waals surface area contributed by atoms with Gasteiger partial charge in [0.15, 0.2) is 5.75 Å². The van der Waals surface area contributed by atoms with E-state index in [-0.39, 0.29) is 23.1 Å². The van der Waals surface area contributed by atoms with E-state index in [0.29, 0.717) is 22.4 Å². The topological polar surface area (TPSA) is 98.6 Å². The van der Waals surface area contributed by atoms with Crippen molar-refractivity contribution in [1.29, 1.82) is 0 Å². The summed E-state index contributed by atoms with van der Waals surface area (Å²) >= 11 is 0. The molecule has 9 atom stereocenters. The van der Waals surface area contributed by atoms with Gasteiger partial charge in [0, 0.05) is 5.69 Å². The summed E-state index contributed by atoms with van der Waals surface area (Å²) in [5.41, 5.74) is 13.1. The zero-order chi connectivity index (χ0) is 28.1. The van der Waals surface area contributed by atoms with Crippen molar-refractivity contribution in [2.24, 2.45) is 52.3 Å². The number of carbonyl (C=O) groups excluding carboxylic acids is 1. The number of benzene rings is 1. The van der Waals surface area contributed by atoms with Crippen LogP contribution in [0, 0.1) is 52.3 Å². The summed E-state index contributed by atoms with van der Waals surface area (Å²) in [7, 11) is 0. The smallest absolute Gasteiger partial charge is 0.342 e. The Bertz CT molecular complexity index is 1060. The van der Waals surface area contributed by atoms with Gasteiger partial charge in [-0.2, -0.15) is 0 Å². The number of aromatic hydroxyl groups is 1. The first-order valence-electron chi connectivity index (χ1n) is 16.0. The number of nitrogens with two attached hydrogens (primary N) is 2. The summed E-state index contributed by atoms with van der Waals surface area (Å²) in [5.74, 6) is 4.97. The molecule has 0 bridgehead atoms. The second kappa shape index (κ2) is 10.8. The maximum absolute atomic E-state index is 13.0. The first-order chi connectivity index (χ1) is 18.4. The molecule has 5 nitrogen and oxygen atoms in total. The van der Waals surface area contributed by atoms with Crippen molar-refractivity contribution in [3.8, 4) is 5.75 Å². The predicted octanol–water partition coefficient (Wildman–Crippen LogP) is 8.20. The van der Waals surface area contributed by atoms with Crippen LogP contribution >= 0.6 is 0 Å². The molecule has 4 saturated carbocycles. The molecule has 0 aromatic heterocycles. The average Bonchev–Trinajstić information content (AvgIpc) is 3.23.